The lowest BCUT2D eigenvalue weighted by molar-refractivity contribution is 0.453. The van der Waals surface area contributed by atoms with Gasteiger partial charge in [0.25, 0.3) is 0 Å². The van der Waals surface area contributed by atoms with E-state index < -0.39 is 0 Å². The summed E-state index contributed by atoms with van der Waals surface area (Å²) < 4.78 is 19.2. The number of hydrogen-bond acceptors (Lipinski definition) is 3. The fraction of sp³-hybridized carbons (Fsp3) is 0.353. The largest absolute Gasteiger partial charge is 0.439 e. The lowest BCUT2D eigenvalue weighted by Crippen LogP contribution is -2.15. The number of rotatable bonds is 5. The van der Waals surface area contributed by atoms with Crippen molar-refractivity contribution < 1.29 is 9.13 Å². The number of ether oxygens (including phenoxy) is 1. The average Bonchev–Trinajstić information content (AvgIpc) is 3.27. The molecule has 0 unspecified atom stereocenters. The van der Waals surface area contributed by atoms with Crippen molar-refractivity contribution in [3.8, 4) is 11.6 Å². The van der Waals surface area contributed by atoms with E-state index in [0.717, 1.165) is 17.7 Å². The van der Waals surface area contributed by atoms with Crippen LogP contribution in [0.5, 0.6) is 11.6 Å². The summed E-state index contributed by atoms with van der Waals surface area (Å²) in [7, 11) is 0. The summed E-state index contributed by atoms with van der Waals surface area (Å²) in [4.78, 5) is 4.34. The van der Waals surface area contributed by atoms with Crippen LogP contribution in [-0.4, -0.2) is 11.0 Å². The van der Waals surface area contributed by atoms with Crippen LogP contribution in [0.3, 0.4) is 0 Å². The third kappa shape index (κ3) is 3.58. The maximum atomic E-state index is 13.5. The second kappa shape index (κ2) is 5.82. The minimum Gasteiger partial charge on any atom is -0.439 e. The van der Waals surface area contributed by atoms with Gasteiger partial charge < -0.3 is 10.1 Å². The first kappa shape index (κ1) is 14.0. The van der Waals surface area contributed by atoms with E-state index in [-0.39, 0.29) is 5.82 Å². The van der Waals surface area contributed by atoms with Gasteiger partial charge in [0, 0.05) is 30.4 Å². The molecule has 3 nitrogen and oxygen atoms in total. The predicted molar refractivity (Wildman–Crippen MR) is 80.0 cm³/mol. The standard InChI is InChI=1S/C17H19FN2O/c1-11-3-6-15(8-16(11)18)21-17-12(2)7-13(10-20-17)9-19-14-4-5-14/h3,6-8,10,14,19H,4-5,9H2,1-2H3. The minimum absolute atomic E-state index is 0.268. The highest BCUT2D eigenvalue weighted by atomic mass is 19.1. The second-order valence-electron chi connectivity index (χ2n) is 5.63. The summed E-state index contributed by atoms with van der Waals surface area (Å²) >= 11 is 0. The van der Waals surface area contributed by atoms with E-state index in [2.05, 4.69) is 16.4 Å². The van der Waals surface area contributed by atoms with Gasteiger partial charge in [-0.25, -0.2) is 9.37 Å². The number of nitrogens with one attached hydrogen (secondary N) is 1. The van der Waals surface area contributed by atoms with E-state index in [9.17, 15) is 4.39 Å². The van der Waals surface area contributed by atoms with Crippen molar-refractivity contribution in [2.45, 2.75) is 39.3 Å². The molecule has 0 aliphatic heterocycles. The predicted octanol–water partition coefficient (Wildman–Crippen LogP) is 3.88. The van der Waals surface area contributed by atoms with Gasteiger partial charge in [0.05, 0.1) is 0 Å². The summed E-state index contributed by atoms with van der Waals surface area (Å²) in [5.41, 5.74) is 2.70. The molecule has 1 heterocycles. The SMILES string of the molecule is Cc1ccc(Oc2ncc(CNC3CC3)cc2C)cc1F. The molecule has 1 aliphatic carbocycles. The van der Waals surface area contributed by atoms with Crippen LogP contribution in [0, 0.1) is 19.7 Å². The van der Waals surface area contributed by atoms with Gasteiger partial charge in [-0.3, -0.25) is 0 Å². The molecule has 1 fully saturated rings. The highest BCUT2D eigenvalue weighted by molar-refractivity contribution is 5.35. The minimum atomic E-state index is -0.268. The lowest BCUT2D eigenvalue weighted by Gasteiger charge is -2.10. The van der Waals surface area contributed by atoms with Crippen molar-refractivity contribution in [3.05, 3.63) is 53.0 Å². The number of halogens is 1. The molecule has 1 N–H and O–H groups in total. The van der Waals surface area contributed by atoms with Crippen LogP contribution in [0.4, 0.5) is 4.39 Å². The van der Waals surface area contributed by atoms with Gasteiger partial charge in [0.15, 0.2) is 0 Å². The molecular formula is C17H19FN2O. The summed E-state index contributed by atoms with van der Waals surface area (Å²) in [5, 5.41) is 3.45. The summed E-state index contributed by atoms with van der Waals surface area (Å²) in [6.45, 7) is 4.51. The molecule has 1 aliphatic rings. The monoisotopic (exact) mass is 286 g/mol. The van der Waals surface area contributed by atoms with Crippen LogP contribution >= 0.6 is 0 Å². The number of pyridine rings is 1. The van der Waals surface area contributed by atoms with Crippen molar-refractivity contribution in [2.75, 3.05) is 0 Å². The molecule has 0 atom stereocenters. The Kier molecular flexibility index (Phi) is 3.88. The van der Waals surface area contributed by atoms with E-state index in [1.807, 2.05) is 13.1 Å². The Morgan fingerprint density at radius 1 is 1.24 bits per heavy atom. The first-order chi connectivity index (χ1) is 10.1. The second-order valence-corrected chi connectivity index (χ2v) is 5.63. The first-order valence-corrected chi connectivity index (χ1v) is 7.25. The van der Waals surface area contributed by atoms with Gasteiger partial charge in [0.1, 0.15) is 11.6 Å². The summed E-state index contributed by atoms with van der Waals surface area (Å²) in [5.74, 6) is 0.724. The van der Waals surface area contributed by atoms with Gasteiger partial charge in [-0.15, -0.1) is 0 Å². The van der Waals surface area contributed by atoms with Crippen LogP contribution in [0.2, 0.25) is 0 Å². The van der Waals surface area contributed by atoms with E-state index in [0.29, 0.717) is 23.2 Å². The molecule has 0 saturated heterocycles. The molecule has 1 saturated carbocycles. The average molecular weight is 286 g/mol. The molecule has 0 bridgehead atoms. The van der Waals surface area contributed by atoms with Crippen molar-refractivity contribution in [1.82, 2.24) is 10.3 Å². The molecule has 1 aromatic heterocycles. The molecular weight excluding hydrogens is 267 g/mol. The third-order valence-corrected chi connectivity index (χ3v) is 3.62. The van der Waals surface area contributed by atoms with Crippen molar-refractivity contribution >= 4 is 0 Å². The van der Waals surface area contributed by atoms with Crippen molar-refractivity contribution in [2.24, 2.45) is 0 Å². The van der Waals surface area contributed by atoms with Crippen molar-refractivity contribution in [1.29, 1.82) is 0 Å². The van der Waals surface area contributed by atoms with E-state index >= 15 is 0 Å². The molecule has 110 valence electrons. The molecule has 0 radical (unpaired) electrons. The zero-order valence-electron chi connectivity index (χ0n) is 12.3. The maximum absolute atomic E-state index is 13.5. The Balaban J connectivity index is 1.70. The zero-order chi connectivity index (χ0) is 14.8. The van der Waals surface area contributed by atoms with Gasteiger partial charge in [-0.2, -0.15) is 0 Å². The fourth-order valence-corrected chi connectivity index (χ4v) is 2.12. The fourth-order valence-electron chi connectivity index (χ4n) is 2.12. The topological polar surface area (TPSA) is 34.1 Å². The van der Waals surface area contributed by atoms with E-state index in [1.54, 1.807) is 19.1 Å². The quantitative estimate of drug-likeness (QED) is 0.905. The molecule has 4 heteroatoms. The maximum Gasteiger partial charge on any atom is 0.222 e. The van der Waals surface area contributed by atoms with Gasteiger partial charge in [-0.05, 0) is 49.9 Å². The van der Waals surface area contributed by atoms with Crippen LogP contribution < -0.4 is 10.1 Å². The molecule has 21 heavy (non-hydrogen) atoms. The Morgan fingerprint density at radius 2 is 2.05 bits per heavy atom. The number of hydrogen-bond donors (Lipinski definition) is 1. The Morgan fingerprint density at radius 3 is 2.71 bits per heavy atom. The highest BCUT2D eigenvalue weighted by Crippen LogP contribution is 2.25. The number of aromatic nitrogens is 1. The molecule has 3 rings (SSSR count). The van der Waals surface area contributed by atoms with Gasteiger partial charge in [0.2, 0.25) is 5.88 Å². The van der Waals surface area contributed by atoms with Gasteiger partial charge in [-0.1, -0.05) is 6.07 Å². The van der Waals surface area contributed by atoms with Crippen LogP contribution in [0.25, 0.3) is 0 Å². The van der Waals surface area contributed by atoms with Crippen LogP contribution in [0.1, 0.15) is 29.5 Å². The molecule has 1 aromatic carbocycles. The van der Waals surface area contributed by atoms with Gasteiger partial charge >= 0.3 is 0 Å². The van der Waals surface area contributed by atoms with Crippen LogP contribution in [-0.2, 0) is 6.54 Å². The lowest BCUT2D eigenvalue weighted by atomic mass is 10.2. The summed E-state index contributed by atoms with van der Waals surface area (Å²) in [6.07, 6.45) is 4.35. The normalized spacial score (nSPS) is 14.2. The van der Waals surface area contributed by atoms with Crippen molar-refractivity contribution in [3.63, 3.8) is 0 Å². The molecule has 2 aromatic rings. The van der Waals surface area contributed by atoms with E-state index in [4.69, 9.17) is 4.74 Å². The molecule has 0 spiro atoms. The third-order valence-electron chi connectivity index (χ3n) is 3.62. The zero-order valence-corrected chi connectivity index (χ0v) is 12.3. The number of nitrogens with zero attached hydrogens (tertiary/aromatic N) is 1. The Hall–Kier alpha value is -1.94. The Labute approximate surface area is 124 Å². The van der Waals surface area contributed by atoms with Crippen LogP contribution in [0.15, 0.2) is 30.5 Å². The highest BCUT2D eigenvalue weighted by Gasteiger charge is 2.20. The number of aryl methyl sites for hydroxylation is 2. The van der Waals surface area contributed by atoms with E-state index in [1.165, 1.54) is 18.9 Å². The smallest absolute Gasteiger partial charge is 0.222 e. The number of benzene rings is 1. The Bertz CT molecular complexity index is 653. The summed E-state index contributed by atoms with van der Waals surface area (Å²) in [6, 6.07) is 7.58. The first-order valence-electron chi connectivity index (χ1n) is 7.25. The molecule has 0 amide bonds.